The summed E-state index contributed by atoms with van der Waals surface area (Å²) >= 11 is 0. The van der Waals surface area contributed by atoms with Crippen molar-refractivity contribution in [1.29, 1.82) is 0 Å². The molecule has 33 heavy (non-hydrogen) atoms. The molecule has 1 saturated heterocycles. The highest BCUT2D eigenvalue weighted by molar-refractivity contribution is 7.89. The predicted octanol–water partition coefficient (Wildman–Crippen LogP) is 5.00. The Morgan fingerprint density at radius 2 is 1.67 bits per heavy atom. The molecule has 2 aliphatic heterocycles. The number of benzene rings is 3. The number of sulfonamides is 1. The minimum Gasteiger partial charge on any atom is -0.361 e. The van der Waals surface area contributed by atoms with E-state index in [1.165, 1.54) is 11.1 Å². The fourth-order valence-electron chi connectivity index (χ4n) is 6.12. The molecule has 0 bridgehead atoms. The summed E-state index contributed by atoms with van der Waals surface area (Å²) < 4.78 is 29.7. The zero-order chi connectivity index (χ0) is 23.0. The highest BCUT2D eigenvalue weighted by Gasteiger charge is 2.62. The Morgan fingerprint density at radius 1 is 0.970 bits per heavy atom. The van der Waals surface area contributed by atoms with Gasteiger partial charge in [0.25, 0.3) is 0 Å². The molecule has 0 aliphatic carbocycles. The summed E-state index contributed by atoms with van der Waals surface area (Å²) in [7, 11) is -1.68. The van der Waals surface area contributed by atoms with Crippen LogP contribution in [0.2, 0.25) is 0 Å². The number of fused-ring (bicyclic) bond motifs is 4. The number of para-hydroxylation sites is 2. The highest BCUT2D eigenvalue weighted by atomic mass is 32.2. The number of likely N-dealkylation sites (N-methyl/N-ethyl adjacent to an activating group) is 1. The third kappa shape index (κ3) is 2.71. The van der Waals surface area contributed by atoms with Crippen molar-refractivity contribution >= 4 is 26.6 Å². The Labute approximate surface area is 194 Å². The second-order valence-corrected chi connectivity index (χ2v) is 11.4. The molecule has 0 unspecified atom stereocenters. The lowest BCUT2D eigenvalue weighted by Gasteiger charge is -2.35. The lowest BCUT2D eigenvalue weighted by molar-refractivity contribution is 0.324. The van der Waals surface area contributed by atoms with Gasteiger partial charge in [-0.05, 0) is 42.3 Å². The number of aryl methyl sites for hydroxylation is 1. The fraction of sp³-hybridized carbons (Fsp3) is 0.259. The van der Waals surface area contributed by atoms with E-state index in [1.54, 1.807) is 16.4 Å². The normalized spacial score (nSPS) is 24.9. The predicted molar refractivity (Wildman–Crippen MR) is 132 cm³/mol. The van der Waals surface area contributed by atoms with Gasteiger partial charge in [0.05, 0.1) is 4.90 Å². The van der Waals surface area contributed by atoms with Crippen molar-refractivity contribution in [3.8, 4) is 0 Å². The van der Waals surface area contributed by atoms with Crippen LogP contribution in [-0.2, 0) is 15.4 Å². The largest absolute Gasteiger partial charge is 0.361 e. The van der Waals surface area contributed by atoms with Crippen molar-refractivity contribution in [3.05, 3.63) is 95.7 Å². The molecule has 0 radical (unpaired) electrons. The topological polar surface area (TPSA) is 56.4 Å². The first-order valence-corrected chi connectivity index (χ1v) is 12.7. The van der Waals surface area contributed by atoms with Gasteiger partial charge in [-0.3, -0.25) is 0 Å². The lowest BCUT2D eigenvalue weighted by Crippen LogP contribution is -2.49. The number of aromatic amines is 1. The van der Waals surface area contributed by atoms with Crippen molar-refractivity contribution < 1.29 is 8.42 Å². The van der Waals surface area contributed by atoms with Crippen LogP contribution in [0.4, 0.5) is 5.69 Å². The van der Waals surface area contributed by atoms with E-state index in [9.17, 15) is 8.42 Å². The van der Waals surface area contributed by atoms with E-state index in [1.807, 2.05) is 44.3 Å². The first-order chi connectivity index (χ1) is 15.8. The maximum atomic E-state index is 14.0. The summed E-state index contributed by atoms with van der Waals surface area (Å²) in [5, 5.41) is 1.16. The third-order valence-corrected chi connectivity index (χ3v) is 9.59. The molecular weight excluding hydrogens is 430 g/mol. The Bertz CT molecular complexity index is 1470. The van der Waals surface area contributed by atoms with Crippen LogP contribution in [-0.4, -0.2) is 37.5 Å². The van der Waals surface area contributed by atoms with Crippen molar-refractivity contribution in [1.82, 2.24) is 9.29 Å². The number of hydrogen-bond acceptors (Lipinski definition) is 3. The summed E-state index contributed by atoms with van der Waals surface area (Å²) in [5.41, 5.74) is 5.20. The number of hydrogen-bond donors (Lipinski definition) is 1. The van der Waals surface area contributed by atoms with E-state index in [0.717, 1.165) is 22.2 Å². The Kier molecular flexibility index (Phi) is 4.32. The molecule has 1 N–H and O–H groups in total. The third-order valence-electron chi connectivity index (χ3n) is 7.75. The van der Waals surface area contributed by atoms with Crippen molar-refractivity contribution in [2.75, 3.05) is 18.5 Å². The maximum absolute atomic E-state index is 14.0. The van der Waals surface area contributed by atoms with Gasteiger partial charge >= 0.3 is 0 Å². The van der Waals surface area contributed by atoms with Gasteiger partial charge in [0.2, 0.25) is 10.0 Å². The maximum Gasteiger partial charge on any atom is 0.244 e. The van der Waals surface area contributed by atoms with Crippen molar-refractivity contribution in [3.63, 3.8) is 0 Å². The Hall–Kier alpha value is -3.09. The van der Waals surface area contributed by atoms with Crippen LogP contribution in [0.5, 0.6) is 0 Å². The van der Waals surface area contributed by atoms with Gasteiger partial charge in [-0.25, -0.2) is 8.42 Å². The van der Waals surface area contributed by atoms with E-state index in [2.05, 4.69) is 53.3 Å². The van der Waals surface area contributed by atoms with Crippen LogP contribution < -0.4 is 4.90 Å². The SMILES string of the molecule is Cc1ccc(S(=O)(=O)N2C[C@H](c3c[nH]c4ccccc34)[C@@]3(C)c4ccccc4N(C)[C@@H]23)cc1. The van der Waals surface area contributed by atoms with Crippen molar-refractivity contribution in [2.24, 2.45) is 0 Å². The van der Waals surface area contributed by atoms with Gasteiger partial charge in [0.15, 0.2) is 0 Å². The van der Waals surface area contributed by atoms with Crippen LogP contribution in [0.1, 0.15) is 29.5 Å². The number of H-pyrrole nitrogens is 1. The zero-order valence-corrected chi connectivity index (χ0v) is 19.8. The van der Waals surface area contributed by atoms with Crippen LogP contribution in [0.25, 0.3) is 10.9 Å². The summed E-state index contributed by atoms with van der Waals surface area (Å²) in [4.78, 5) is 5.90. The van der Waals surface area contributed by atoms with Gasteiger partial charge in [0, 0.05) is 47.7 Å². The van der Waals surface area contributed by atoms with Crippen LogP contribution >= 0.6 is 0 Å². The van der Waals surface area contributed by atoms with Gasteiger partial charge in [-0.2, -0.15) is 4.31 Å². The van der Waals surface area contributed by atoms with Crippen LogP contribution in [0, 0.1) is 6.92 Å². The summed E-state index contributed by atoms with van der Waals surface area (Å²) in [5.74, 6) is 0.00460. The summed E-state index contributed by atoms with van der Waals surface area (Å²) in [6, 6.07) is 23.8. The summed E-state index contributed by atoms with van der Waals surface area (Å²) in [6.45, 7) is 4.63. The molecule has 6 heteroatoms. The minimum absolute atomic E-state index is 0.00460. The van der Waals surface area contributed by atoms with E-state index >= 15 is 0 Å². The first kappa shape index (κ1) is 20.5. The number of rotatable bonds is 3. The van der Waals surface area contributed by atoms with E-state index in [4.69, 9.17) is 0 Å². The molecule has 3 aromatic carbocycles. The number of nitrogens with zero attached hydrogens (tertiary/aromatic N) is 2. The molecule has 1 fully saturated rings. The molecular formula is C27H27N3O2S. The van der Waals surface area contributed by atoms with Gasteiger partial charge in [-0.1, -0.05) is 61.0 Å². The van der Waals surface area contributed by atoms with Crippen LogP contribution in [0.3, 0.4) is 0 Å². The van der Waals surface area contributed by atoms with E-state index in [0.29, 0.717) is 11.4 Å². The standard InChI is InChI=1S/C27H27N3O2S/c1-18-12-14-19(15-13-18)33(31,32)30-17-23(21-16-28-24-10-6-4-8-20(21)24)27(2)22-9-5-7-11-25(22)29(3)26(27)30/h4-16,23,26,28H,17H2,1-3H3/t23-,26+,27-/m1/s1. The Balaban J connectivity index is 1.57. The molecule has 0 spiro atoms. The lowest BCUT2D eigenvalue weighted by atomic mass is 9.71. The number of aromatic nitrogens is 1. The van der Waals surface area contributed by atoms with Gasteiger partial charge < -0.3 is 9.88 Å². The average molecular weight is 458 g/mol. The van der Waals surface area contributed by atoms with Crippen molar-refractivity contribution in [2.45, 2.75) is 36.2 Å². The number of nitrogens with one attached hydrogen (secondary N) is 1. The second-order valence-electron chi connectivity index (χ2n) is 9.51. The average Bonchev–Trinajstić information content (AvgIpc) is 3.44. The second kappa shape index (κ2) is 6.95. The van der Waals surface area contributed by atoms with E-state index < -0.39 is 15.4 Å². The smallest absolute Gasteiger partial charge is 0.244 e. The minimum atomic E-state index is -3.69. The molecule has 6 rings (SSSR count). The Morgan fingerprint density at radius 3 is 2.45 bits per heavy atom. The summed E-state index contributed by atoms with van der Waals surface area (Å²) in [6.07, 6.45) is 1.76. The fourth-order valence-corrected chi connectivity index (χ4v) is 7.84. The molecule has 0 saturated carbocycles. The highest BCUT2D eigenvalue weighted by Crippen LogP contribution is 2.58. The van der Waals surface area contributed by atoms with Gasteiger partial charge in [0.1, 0.15) is 6.17 Å². The molecule has 168 valence electrons. The molecule has 5 nitrogen and oxygen atoms in total. The molecule has 0 amide bonds. The first-order valence-electron chi connectivity index (χ1n) is 11.3. The van der Waals surface area contributed by atoms with E-state index in [-0.39, 0.29) is 12.1 Å². The molecule has 3 heterocycles. The monoisotopic (exact) mass is 457 g/mol. The van der Waals surface area contributed by atoms with Gasteiger partial charge in [-0.15, -0.1) is 0 Å². The quantitative estimate of drug-likeness (QED) is 0.471. The molecule has 1 aromatic heterocycles. The molecule has 4 aromatic rings. The zero-order valence-electron chi connectivity index (χ0n) is 19.0. The number of anilines is 1. The van der Waals surface area contributed by atoms with Crippen LogP contribution in [0.15, 0.2) is 83.9 Å². The molecule has 3 atom stereocenters. The molecule has 2 aliphatic rings.